The fourth-order valence-electron chi connectivity index (χ4n) is 3.31. The van der Waals surface area contributed by atoms with Crippen LogP contribution in [0.4, 0.5) is 5.69 Å². The summed E-state index contributed by atoms with van der Waals surface area (Å²) in [6.07, 6.45) is 0. The Morgan fingerprint density at radius 1 is 1.15 bits per heavy atom. The Bertz CT molecular complexity index is 1240. The van der Waals surface area contributed by atoms with Crippen LogP contribution in [0.1, 0.15) is 5.56 Å². The number of quaternary nitrogens is 1. The molecule has 10 nitrogen and oxygen atoms in total. The van der Waals surface area contributed by atoms with Gasteiger partial charge in [0.25, 0.3) is 15.9 Å². The quantitative estimate of drug-likeness (QED) is 0.444. The van der Waals surface area contributed by atoms with Crippen molar-refractivity contribution in [1.29, 1.82) is 0 Å². The number of hydrogen-bond donors (Lipinski definition) is 3. The number of nitrogens with zero attached hydrogens (tertiary/aromatic N) is 1. The minimum Gasteiger partial charge on any atom is -0.483 e. The molecule has 13 heteroatoms. The average Bonchev–Trinajstić information content (AvgIpc) is 2.73. The molecule has 0 aliphatic carbocycles. The number of carbonyl (C=O) groups is 1. The summed E-state index contributed by atoms with van der Waals surface area (Å²) in [5.74, 6) is -0.561. The summed E-state index contributed by atoms with van der Waals surface area (Å²) in [5.41, 5.74) is 5.76. The number of likely N-dealkylation sites (N-methyl/N-ethyl adjacent to an activating group) is 1. The smallest absolute Gasteiger partial charge is 0.263 e. The van der Waals surface area contributed by atoms with Crippen LogP contribution in [0.3, 0.4) is 0 Å². The highest BCUT2D eigenvalue weighted by molar-refractivity contribution is 7.92. The Morgan fingerprint density at radius 3 is 2.33 bits per heavy atom. The zero-order valence-corrected chi connectivity index (χ0v) is 20.6. The van der Waals surface area contributed by atoms with E-state index in [2.05, 4.69) is 4.72 Å². The summed E-state index contributed by atoms with van der Waals surface area (Å²) in [4.78, 5) is 12.1. The van der Waals surface area contributed by atoms with Gasteiger partial charge < -0.3 is 15.4 Å². The molecule has 0 saturated carbocycles. The Labute approximate surface area is 198 Å². The highest BCUT2D eigenvalue weighted by atomic mass is 35.5. The predicted octanol–water partition coefficient (Wildman–Crippen LogP) is -0.168. The number of primary amides is 1. The maximum Gasteiger partial charge on any atom is 0.263 e. The summed E-state index contributed by atoms with van der Waals surface area (Å²) >= 11 is 6.14. The fourth-order valence-corrected chi connectivity index (χ4v) is 6.41. The molecule has 1 amide bonds. The molecule has 1 saturated heterocycles. The minimum atomic E-state index is -4.14. The van der Waals surface area contributed by atoms with Gasteiger partial charge in [0.1, 0.15) is 10.6 Å². The average molecular weight is 518 g/mol. The number of piperazine rings is 1. The molecular formula is C20H26ClN4O6S2+. The van der Waals surface area contributed by atoms with Crippen molar-refractivity contribution in [3.63, 3.8) is 0 Å². The van der Waals surface area contributed by atoms with Gasteiger partial charge in [-0.3, -0.25) is 9.52 Å². The molecule has 1 aliphatic rings. The fraction of sp³-hybridized carbons (Fsp3) is 0.350. The van der Waals surface area contributed by atoms with Crippen LogP contribution < -0.4 is 20.1 Å². The van der Waals surface area contributed by atoms with Crippen LogP contribution in [0.5, 0.6) is 5.75 Å². The number of anilines is 1. The third kappa shape index (κ3) is 5.95. The van der Waals surface area contributed by atoms with E-state index in [1.165, 1.54) is 45.6 Å². The van der Waals surface area contributed by atoms with Crippen molar-refractivity contribution in [2.75, 3.05) is 44.6 Å². The molecule has 0 atom stereocenters. The molecule has 0 radical (unpaired) electrons. The van der Waals surface area contributed by atoms with Crippen LogP contribution in [0.25, 0.3) is 0 Å². The Kier molecular flexibility index (Phi) is 7.54. The molecule has 2 aromatic rings. The summed E-state index contributed by atoms with van der Waals surface area (Å²) in [6, 6.07) is 8.07. The SMILES string of the molecule is Cc1cc(Cl)c(S(=O)(=O)Nc2ccc(S(=O)(=O)N3CC[NH+](C)CC3)cc2)cc1OCC(N)=O. The molecule has 0 spiro atoms. The van der Waals surface area contributed by atoms with Crippen LogP contribution in [0.2, 0.25) is 5.02 Å². The number of hydrogen-bond acceptors (Lipinski definition) is 6. The molecule has 4 N–H and O–H groups in total. The number of aryl methyl sites for hydroxylation is 1. The first-order chi connectivity index (χ1) is 15.4. The van der Waals surface area contributed by atoms with E-state index < -0.39 is 32.6 Å². The van der Waals surface area contributed by atoms with Crippen LogP contribution in [-0.2, 0) is 24.8 Å². The molecule has 180 valence electrons. The van der Waals surface area contributed by atoms with Gasteiger partial charge >= 0.3 is 0 Å². The Balaban J connectivity index is 1.80. The number of benzene rings is 2. The topological polar surface area (TPSA) is 140 Å². The number of ether oxygens (including phenoxy) is 1. The summed E-state index contributed by atoms with van der Waals surface area (Å²) in [5, 5.41) is -0.0391. The van der Waals surface area contributed by atoms with Crippen LogP contribution in [-0.4, -0.2) is 66.9 Å². The van der Waals surface area contributed by atoms with Crippen molar-refractivity contribution in [2.24, 2.45) is 5.73 Å². The van der Waals surface area contributed by atoms with Crippen molar-refractivity contribution >= 4 is 43.2 Å². The zero-order chi connectivity index (χ0) is 24.4. The highest BCUT2D eigenvalue weighted by Gasteiger charge is 2.29. The number of rotatable bonds is 8. The van der Waals surface area contributed by atoms with E-state index in [0.717, 1.165) is 13.1 Å². The second-order valence-electron chi connectivity index (χ2n) is 7.79. The van der Waals surface area contributed by atoms with Crippen molar-refractivity contribution in [1.82, 2.24) is 4.31 Å². The molecule has 2 aromatic carbocycles. The van der Waals surface area contributed by atoms with Gasteiger partial charge in [-0.2, -0.15) is 4.31 Å². The van der Waals surface area contributed by atoms with Crippen molar-refractivity contribution in [3.8, 4) is 5.75 Å². The molecule has 0 bridgehead atoms. The molecule has 0 aromatic heterocycles. The van der Waals surface area contributed by atoms with Gasteiger partial charge in [-0.25, -0.2) is 16.8 Å². The predicted molar refractivity (Wildman–Crippen MR) is 124 cm³/mol. The third-order valence-electron chi connectivity index (χ3n) is 5.21. The summed E-state index contributed by atoms with van der Waals surface area (Å²) in [7, 11) is -5.79. The molecule has 1 heterocycles. The van der Waals surface area contributed by atoms with Gasteiger partial charge in [-0.05, 0) is 42.8 Å². The molecule has 1 fully saturated rings. The van der Waals surface area contributed by atoms with Gasteiger partial charge in [0.05, 0.1) is 43.1 Å². The lowest BCUT2D eigenvalue weighted by Crippen LogP contribution is -3.12. The van der Waals surface area contributed by atoms with E-state index in [1.807, 2.05) is 7.05 Å². The van der Waals surface area contributed by atoms with Crippen LogP contribution in [0.15, 0.2) is 46.2 Å². The number of nitrogens with one attached hydrogen (secondary N) is 2. The third-order valence-corrected chi connectivity index (χ3v) is 8.97. The highest BCUT2D eigenvalue weighted by Crippen LogP contribution is 2.31. The number of amides is 1. The van der Waals surface area contributed by atoms with Crippen LogP contribution in [0, 0.1) is 6.92 Å². The van der Waals surface area contributed by atoms with Gasteiger partial charge in [0.15, 0.2) is 6.61 Å². The van der Waals surface area contributed by atoms with Crippen molar-refractivity contribution in [2.45, 2.75) is 16.7 Å². The van der Waals surface area contributed by atoms with Gasteiger partial charge in [0, 0.05) is 11.8 Å². The first kappa shape index (κ1) is 25.2. The van der Waals surface area contributed by atoms with E-state index in [-0.39, 0.29) is 26.3 Å². The van der Waals surface area contributed by atoms with Crippen molar-refractivity contribution < 1.29 is 31.3 Å². The summed E-state index contributed by atoms with van der Waals surface area (Å²) < 4.78 is 60.6. The molecule has 3 rings (SSSR count). The number of halogens is 1. The first-order valence-corrected chi connectivity index (χ1v) is 13.4. The lowest BCUT2D eigenvalue weighted by molar-refractivity contribution is -0.883. The molecular weight excluding hydrogens is 492 g/mol. The zero-order valence-electron chi connectivity index (χ0n) is 18.2. The normalized spacial score (nSPS) is 15.8. The summed E-state index contributed by atoms with van der Waals surface area (Å²) in [6.45, 7) is 3.52. The van der Waals surface area contributed by atoms with Crippen LogP contribution >= 0.6 is 11.6 Å². The molecule has 1 aliphatic heterocycles. The largest absolute Gasteiger partial charge is 0.483 e. The van der Waals surface area contributed by atoms with E-state index in [0.29, 0.717) is 18.7 Å². The second kappa shape index (κ2) is 9.85. The number of sulfonamides is 2. The van der Waals surface area contributed by atoms with Gasteiger partial charge in [-0.1, -0.05) is 11.6 Å². The number of carbonyl (C=O) groups excluding carboxylic acids is 1. The minimum absolute atomic E-state index is 0.0391. The maximum atomic E-state index is 12.9. The van der Waals surface area contributed by atoms with Crippen molar-refractivity contribution in [3.05, 3.63) is 47.0 Å². The Hall–Kier alpha value is -2.38. The maximum absolute atomic E-state index is 12.9. The van der Waals surface area contributed by atoms with E-state index in [4.69, 9.17) is 22.1 Å². The molecule has 33 heavy (non-hydrogen) atoms. The van der Waals surface area contributed by atoms with E-state index >= 15 is 0 Å². The first-order valence-electron chi connectivity index (χ1n) is 10.1. The second-order valence-corrected chi connectivity index (χ2v) is 11.8. The Morgan fingerprint density at radius 2 is 1.76 bits per heavy atom. The van der Waals surface area contributed by atoms with Gasteiger partial charge in [0.2, 0.25) is 10.0 Å². The van der Waals surface area contributed by atoms with Gasteiger partial charge in [-0.15, -0.1) is 0 Å². The molecule has 0 unspecified atom stereocenters. The number of nitrogens with two attached hydrogens (primary N) is 1. The lowest BCUT2D eigenvalue weighted by atomic mass is 10.2. The van der Waals surface area contributed by atoms with E-state index in [1.54, 1.807) is 6.92 Å². The lowest BCUT2D eigenvalue weighted by Gasteiger charge is -2.29. The van der Waals surface area contributed by atoms with E-state index in [9.17, 15) is 21.6 Å². The standard InChI is InChI=1S/C20H25ClN4O6S2/c1-14-11-17(21)19(12-18(14)31-13-20(22)26)32(27,28)23-15-3-5-16(6-4-15)33(29,30)25-9-7-24(2)8-10-25/h3-6,11-12,23H,7-10,13H2,1-2H3,(H2,22,26)/p+1. The monoisotopic (exact) mass is 517 g/mol.